The van der Waals surface area contributed by atoms with Gasteiger partial charge in [-0.15, -0.1) is 22.7 Å². The average molecular weight is 1150 g/mol. The molecule has 0 aliphatic carbocycles. The zero-order valence-corrected chi connectivity index (χ0v) is 50.6. The van der Waals surface area contributed by atoms with Gasteiger partial charge in [-0.1, -0.05) is 122 Å². The molecule has 384 valence electrons. The van der Waals surface area contributed by atoms with Gasteiger partial charge in [0.1, 0.15) is 21.2 Å². The Kier molecular flexibility index (Phi) is 17.4. The number of carbonyl (C=O) groups is 1. The number of para-hydroxylation sites is 2. The van der Waals surface area contributed by atoms with E-state index in [1.165, 1.54) is 58.9 Å². The predicted molar refractivity (Wildman–Crippen MR) is 337 cm³/mol. The van der Waals surface area contributed by atoms with Gasteiger partial charge in [-0.3, -0.25) is 4.79 Å². The highest BCUT2D eigenvalue weighted by molar-refractivity contribution is 9.48. The van der Waals surface area contributed by atoms with Crippen molar-refractivity contribution in [2.75, 3.05) is 14.2 Å². The number of ketones is 1. The molecule has 0 saturated carbocycles. The second-order valence-corrected chi connectivity index (χ2v) is 41.7. The molecule has 16 heteroatoms. The van der Waals surface area contributed by atoms with Gasteiger partial charge in [0, 0.05) is 86.3 Å². The lowest BCUT2D eigenvalue weighted by Crippen LogP contribution is -2.11. The lowest BCUT2D eigenvalue weighted by Gasteiger charge is -2.40. The fraction of sp³-hybridized carbons (Fsp3) is 0.276. The van der Waals surface area contributed by atoms with Crippen LogP contribution in [-0.4, -0.2) is 43.1 Å². The monoisotopic (exact) mass is 1150 g/mol. The number of aromatic nitrogens is 4. The minimum absolute atomic E-state index is 0.144. The van der Waals surface area contributed by atoms with E-state index in [1.807, 2.05) is 52.3 Å². The number of rotatable bonds is 16. The molecule has 1 saturated heterocycles. The van der Waals surface area contributed by atoms with Gasteiger partial charge in [-0.05, 0) is 135 Å². The first kappa shape index (κ1) is 54.6. The Hall–Kier alpha value is -4.20. The summed E-state index contributed by atoms with van der Waals surface area (Å²) in [6, 6.07) is 41.8. The molecular formula is C58H62N4O3P2S7. The van der Waals surface area contributed by atoms with Gasteiger partial charge < -0.3 is 27.7 Å². The van der Waals surface area contributed by atoms with E-state index in [0.29, 0.717) is 0 Å². The molecule has 4 aromatic carbocycles. The van der Waals surface area contributed by atoms with E-state index >= 15 is 0 Å². The van der Waals surface area contributed by atoms with Crippen LogP contribution in [0.15, 0.2) is 132 Å². The molecule has 0 bridgehead atoms. The zero-order chi connectivity index (χ0) is 52.3. The number of aryl methyl sites for hydroxylation is 4. The Balaban J connectivity index is 0.000000137. The number of thiocarbonyl (C=S) groups is 1. The topological polar surface area (TPSA) is 55.2 Å². The first-order valence-corrected chi connectivity index (χ1v) is 37.0. The van der Waals surface area contributed by atoms with Crippen LogP contribution in [0.1, 0.15) is 92.1 Å². The summed E-state index contributed by atoms with van der Waals surface area (Å²) in [5.74, 6) is 1.86. The number of fused-ring (bicyclic) bond motifs is 4. The molecule has 10 aromatic rings. The van der Waals surface area contributed by atoms with Gasteiger partial charge >= 0.3 is 0 Å². The van der Waals surface area contributed by atoms with Crippen LogP contribution >= 0.6 is 65.8 Å². The number of hydrogen-bond acceptors (Lipinski definition) is 10. The third-order valence-electron chi connectivity index (χ3n) is 13.4. The van der Waals surface area contributed by atoms with Crippen LogP contribution in [0, 0.1) is 13.8 Å². The van der Waals surface area contributed by atoms with Crippen LogP contribution < -0.4 is 20.1 Å². The second-order valence-electron chi connectivity index (χ2n) is 18.2. The zero-order valence-electron chi connectivity index (χ0n) is 43.1. The Morgan fingerprint density at radius 3 is 1.36 bits per heavy atom. The highest BCUT2D eigenvalue weighted by Crippen LogP contribution is 3.04. The molecule has 0 amide bonds. The predicted octanol–water partition coefficient (Wildman–Crippen LogP) is 17.3. The first-order chi connectivity index (χ1) is 35.8. The number of carbonyl (C=O) groups excluding carboxylic acids is 1. The van der Waals surface area contributed by atoms with E-state index in [1.54, 1.807) is 36.9 Å². The summed E-state index contributed by atoms with van der Waals surface area (Å²) in [7, 11) is 3.34. The van der Waals surface area contributed by atoms with Crippen molar-refractivity contribution < 1.29 is 14.3 Å². The minimum atomic E-state index is -1.66. The van der Waals surface area contributed by atoms with Crippen molar-refractivity contribution in [2.24, 2.45) is 0 Å². The number of nitrogens with zero attached hydrogens (tertiary/aromatic N) is 4. The summed E-state index contributed by atoms with van der Waals surface area (Å²) >= 11 is 25.1. The van der Waals surface area contributed by atoms with E-state index in [2.05, 4.69) is 162 Å². The average Bonchev–Trinajstić information content (AvgIpc) is 4.27. The van der Waals surface area contributed by atoms with Crippen LogP contribution in [-0.2, 0) is 49.8 Å². The molecule has 74 heavy (non-hydrogen) atoms. The molecule has 0 unspecified atom stereocenters. The Labute approximate surface area is 466 Å². The van der Waals surface area contributed by atoms with Crippen LogP contribution in [0.2, 0.25) is 0 Å². The minimum Gasteiger partial charge on any atom is -0.497 e. The third kappa shape index (κ3) is 10.5. The summed E-state index contributed by atoms with van der Waals surface area (Å²) in [5, 5.41) is 11.5. The van der Waals surface area contributed by atoms with Gasteiger partial charge in [0.05, 0.1) is 44.9 Å². The van der Waals surface area contributed by atoms with Gasteiger partial charge in [0.25, 0.3) is 0 Å². The van der Waals surface area contributed by atoms with Crippen molar-refractivity contribution in [3.05, 3.63) is 166 Å². The maximum Gasteiger partial charge on any atom is 0.211 e. The SMILES string of the molecule is CCCn1c(C)c(C(=O)c2cc3ccsc3n2CCC)c2ccccc21.CCCn1c(C)c(C(=S)c2cc3ccsc3n2CCC)c2ccccc21.COc1ccc(P2(=S)SP(=S)(c3ccc(OC)cc3)S2)cc1. The van der Waals surface area contributed by atoms with E-state index in [9.17, 15) is 4.79 Å². The summed E-state index contributed by atoms with van der Waals surface area (Å²) in [4.78, 5) is 17.1. The highest BCUT2D eigenvalue weighted by Gasteiger charge is 2.46. The van der Waals surface area contributed by atoms with E-state index in [-0.39, 0.29) is 5.78 Å². The molecule has 0 radical (unpaired) electrons. The van der Waals surface area contributed by atoms with Gasteiger partial charge in [0.2, 0.25) is 5.78 Å². The lowest BCUT2D eigenvalue weighted by molar-refractivity contribution is 0.103. The largest absolute Gasteiger partial charge is 0.497 e. The molecular weight excluding hydrogens is 1090 g/mol. The first-order valence-electron chi connectivity index (χ1n) is 25.1. The summed E-state index contributed by atoms with van der Waals surface area (Å²) < 4.78 is 16.4. The fourth-order valence-electron chi connectivity index (χ4n) is 9.94. The van der Waals surface area contributed by atoms with Crippen LogP contribution in [0.25, 0.3) is 42.2 Å². The highest BCUT2D eigenvalue weighted by atomic mass is 33.7. The third-order valence-corrected chi connectivity index (χ3v) is 46.9. The molecule has 6 aromatic heterocycles. The molecule has 7 nitrogen and oxygen atoms in total. The van der Waals surface area contributed by atoms with Gasteiger partial charge in [-0.25, -0.2) is 0 Å². The summed E-state index contributed by atoms with van der Waals surface area (Å²) in [5.41, 5.74) is 8.90. The van der Waals surface area contributed by atoms with E-state index in [4.69, 9.17) is 45.3 Å². The van der Waals surface area contributed by atoms with Crippen molar-refractivity contribution >= 4 is 153 Å². The second kappa shape index (κ2) is 23.6. The Bertz CT molecular complexity index is 3490. The maximum absolute atomic E-state index is 13.6. The summed E-state index contributed by atoms with van der Waals surface area (Å²) in [6.45, 7) is 16.9. The number of thiophene rings is 2. The van der Waals surface area contributed by atoms with Crippen LogP contribution in [0.5, 0.6) is 11.5 Å². The molecule has 0 spiro atoms. The molecule has 11 rings (SSSR count). The van der Waals surface area contributed by atoms with Crippen molar-refractivity contribution in [2.45, 2.75) is 93.4 Å². The number of hydrogen-bond donors (Lipinski definition) is 0. The summed E-state index contributed by atoms with van der Waals surface area (Å²) in [6.07, 6.45) is 4.29. The van der Waals surface area contributed by atoms with Crippen LogP contribution in [0.4, 0.5) is 0 Å². The lowest BCUT2D eigenvalue weighted by atomic mass is 10.0. The smallest absolute Gasteiger partial charge is 0.211 e. The van der Waals surface area contributed by atoms with Crippen molar-refractivity contribution in [3.8, 4) is 11.5 Å². The van der Waals surface area contributed by atoms with Gasteiger partial charge in [0.15, 0.2) is 0 Å². The Morgan fingerprint density at radius 1 is 0.527 bits per heavy atom. The van der Waals surface area contributed by atoms with Crippen molar-refractivity contribution in [1.29, 1.82) is 0 Å². The number of benzene rings is 4. The molecule has 1 aliphatic heterocycles. The number of methoxy groups -OCH3 is 2. The van der Waals surface area contributed by atoms with E-state index in [0.717, 1.165) is 96.1 Å². The molecule has 1 aliphatic rings. The quantitative estimate of drug-likeness (QED) is 0.0539. The molecule has 0 N–H and O–H groups in total. The maximum atomic E-state index is 13.6. The standard InChI is InChI=1S/C22H24N2OS.C22H24N2S2.C14H14O2P2S4/c2*1-4-11-23-15(3)20(17-8-6-7-9-18(17)23)21(25)19-14-16-10-13-26-22(16)24(19)12-5-2;1-15-11-3-7-13(8-4-11)17(19)21-18(20,22-17)14-9-5-12(16-2)6-10-14/h2*6-10,13-14H,4-5,11-12H2,1-3H3;3-10H,1-2H3. The number of ether oxygens (including phenoxy) is 2. The molecule has 0 atom stereocenters. The van der Waals surface area contributed by atoms with E-state index < -0.39 is 8.88 Å². The normalized spacial score (nSPS) is 16.2. The van der Waals surface area contributed by atoms with Crippen LogP contribution in [0.3, 0.4) is 0 Å². The van der Waals surface area contributed by atoms with Gasteiger partial charge in [-0.2, -0.15) is 0 Å². The van der Waals surface area contributed by atoms with Crippen molar-refractivity contribution in [3.63, 3.8) is 0 Å². The Morgan fingerprint density at radius 2 is 0.919 bits per heavy atom. The fourth-order valence-corrected chi connectivity index (χ4v) is 54.5. The molecule has 1 fully saturated rings. The molecule has 7 heterocycles. The van der Waals surface area contributed by atoms with Crippen molar-refractivity contribution in [1.82, 2.24) is 18.3 Å².